The van der Waals surface area contributed by atoms with Crippen LogP contribution in [0.25, 0.3) is 0 Å². The molecular formula is C22H30N4OS. The van der Waals surface area contributed by atoms with Gasteiger partial charge in [-0.3, -0.25) is 4.79 Å². The number of aryl methyl sites for hydroxylation is 1. The van der Waals surface area contributed by atoms with Crippen molar-refractivity contribution < 1.29 is 4.79 Å². The van der Waals surface area contributed by atoms with Crippen molar-refractivity contribution in [2.75, 3.05) is 5.75 Å². The lowest BCUT2D eigenvalue weighted by atomic mass is 9.69. The van der Waals surface area contributed by atoms with Crippen LogP contribution in [0.5, 0.6) is 0 Å². The molecule has 0 spiro atoms. The van der Waals surface area contributed by atoms with Gasteiger partial charge in [-0.1, -0.05) is 62.9 Å². The molecule has 1 aromatic heterocycles. The van der Waals surface area contributed by atoms with Gasteiger partial charge >= 0.3 is 0 Å². The molecule has 1 N–H and O–H groups in total. The van der Waals surface area contributed by atoms with Gasteiger partial charge in [-0.15, -0.1) is 10.2 Å². The van der Waals surface area contributed by atoms with E-state index in [1.54, 1.807) is 0 Å². The number of carbonyl (C=O) groups excluding carboxylic acids is 1. The molecule has 1 heterocycles. The molecule has 4 rings (SSSR count). The smallest absolute Gasteiger partial charge is 0.230 e. The van der Waals surface area contributed by atoms with E-state index in [2.05, 4.69) is 53.0 Å². The van der Waals surface area contributed by atoms with Gasteiger partial charge in [0.2, 0.25) is 5.91 Å². The molecule has 2 aromatic rings. The summed E-state index contributed by atoms with van der Waals surface area (Å²) in [4.78, 5) is 12.7. The number of aromatic nitrogens is 3. The second kappa shape index (κ2) is 7.21. The average molecular weight is 399 g/mol. The number of benzene rings is 1. The van der Waals surface area contributed by atoms with Crippen molar-refractivity contribution in [3.8, 4) is 0 Å². The van der Waals surface area contributed by atoms with Crippen molar-refractivity contribution in [3.63, 3.8) is 0 Å². The zero-order valence-electron chi connectivity index (χ0n) is 17.2. The van der Waals surface area contributed by atoms with Crippen LogP contribution in [-0.2, 0) is 11.3 Å². The second-order valence-electron chi connectivity index (χ2n) is 9.12. The van der Waals surface area contributed by atoms with Gasteiger partial charge in [0.05, 0.1) is 12.3 Å². The van der Waals surface area contributed by atoms with Crippen LogP contribution in [0, 0.1) is 23.7 Å². The highest BCUT2D eigenvalue weighted by molar-refractivity contribution is 7.99. The minimum atomic E-state index is 0.103. The predicted octanol–water partition coefficient (Wildman–Crippen LogP) is 4.06. The lowest BCUT2D eigenvalue weighted by molar-refractivity contribution is -0.120. The van der Waals surface area contributed by atoms with Gasteiger partial charge in [0.1, 0.15) is 5.82 Å². The summed E-state index contributed by atoms with van der Waals surface area (Å²) >= 11 is 1.47. The summed E-state index contributed by atoms with van der Waals surface area (Å²) in [5.41, 5.74) is 1.72. The molecule has 28 heavy (non-hydrogen) atoms. The number of rotatable bonds is 6. The number of thioether (sulfide) groups is 1. The van der Waals surface area contributed by atoms with Crippen LogP contribution in [0.3, 0.4) is 0 Å². The summed E-state index contributed by atoms with van der Waals surface area (Å²) < 4.78 is 2.08. The van der Waals surface area contributed by atoms with Crippen LogP contribution in [0.2, 0.25) is 0 Å². The summed E-state index contributed by atoms with van der Waals surface area (Å²) in [7, 11) is 0. The Balaban J connectivity index is 1.37. The molecule has 5 nitrogen and oxygen atoms in total. The number of nitrogens with zero attached hydrogens (tertiary/aromatic N) is 3. The molecule has 2 aliphatic rings. The fourth-order valence-corrected chi connectivity index (χ4v) is 6.00. The van der Waals surface area contributed by atoms with E-state index < -0.39 is 0 Å². The molecule has 1 aromatic carbocycles. The highest BCUT2D eigenvalue weighted by atomic mass is 32.2. The predicted molar refractivity (Wildman–Crippen MR) is 112 cm³/mol. The Labute approximate surface area is 171 Å². The Morgan fingerprint density at radius 3 is 2.64 bits per heavy atom. The van der Waals surface area contributed by atoms with E-state index in [9.17, 15) is 4.79 Å². The Bertz CT molecular complexity index is 863. The lowest BCUT2D eigenvalue weighted by Crippen LogP contribution is -2.47. The maximum absolute atomic E-state index is 12.7. The van der Waals surface area contributed by atoms with Crippen LogP contribution >= 0.6 is 11.8 Å². The first-order chi connectivity index (χ1) is 13.3. The van der Waals surface area contributed by atoms with Crippen LogP contribution < -0.4 is 5.32 Å². The molecule has 3 unspecified atom stereocenters. The van der Waals surface area contributed by atoms with E-state index in [4.69, 9.17) is 0 Å². The van der Waals surface area contributed by atoms with Crippen molar-refractivity contribution in [2.24, 2.45) is 16.7 Å². The third kappa shape index (κ3) is 3.25. The molecule has 6 heteroatoms. The zero-order chi connectivity index (χ0) is 19.9. The molecular weight excluding hydrogens is 368 g/mol. The van der Waals surface area contributed by atoms with Gasteiger partial charge in [-0.05, 0) is 48.5 Å². The summed E-state index contributed by atoms with van der Waals surface area (Å²) in [6.07, 6.45) is 3.63. The van der Waals surface area contributed by atoms with Crippen molar-refractivity contribution in [1.82, 2.24) is 20.1 Å². The number of amides is 1. The molecule has 0 radical (unpaired) electrons. The van der Waals surface area contributed by atoms with Crippen LogP contribution in [0.1, 0.15) is 51.4 Å². The molecule has 2 fully saturated rings. The van der Waals surface area contributed by atoms with Gasteiger partial charge in [-0.25, -0.2) is 0 Å². The lowest BCUT2D eigenvalue weighted by Gasteiger charge is -2.39. The van der Waals surface area contributed by atoms with Gasteiger partial charge in [0.15, 0.2) is 5.16 Å². The molecule has 2 aliphatic carbocycles. The van der Waals surface area contributed by atoms with E-state index in [-0.39, 0.29) is 11.3 Å². The van der Waals surface area contributed by atoms with E-state index in [1.165, 1.54) is 30.2 Å². The molecule has 0 saturated heterocycles. The van der Waals surface area contributed by atoms with Crippen LogP contribution in [0.4, 0.5) is 0 Å². The summed E-state index contributed by atoms with van der Waals surface area (Å²) in [5, 5.41) is 12.6. The Hall–Kier alpha value is -1.82. The average Bonchev–Trinajstić information content (AvgIpc) is 3.19. The molecule has 150 valence electrons. The molecule has 2 bridgehead atoms. The van der Waals surface area contributed by atoms with Crippen molar-refractivity contribution >= 4 is 17.7 Å². The van der Waals surface area contributed by atoms with Crippen molar-refractivity contribution in [1.29, 1.82) is 0 Å². The highest BCUT2D eigenvalue weighted by Crippen LogP contribution is 2.65. The van der Waals surface area contributed by atoms with Gasteiger partial charge in [0, 0.05) is 6.04 Å². The summed E-state index contributed by atoms with van der Waals surface area (Å²) in [6.45, 7) is 9.79. The SMILES string of the molecule is Cc1nnc(SCC(=O)NC2CC3CCC2(C)C3(C)C)n1Cc1ccccc1. The quantitative estimate of drug-likeness (QED) is 0.746. The third-order valence-electron chi connectivity index (χ3n) is 7.55. The fraction of sp³-hybridized carbons (Fsp3) is 0.591. The minimum Gasteiger partial charge on any atom is -0.352 e. The number of fused-ring (bicyclic) bond motifs is 2. The minimum absolute atomic E-state index is 0.103. The fourth-order valence-electron chi connectivity index (χ4n) is 5.20. The highest BCUT2D eigenvalue weighted by Gasteiger charge is 2.61. The van der Waals surface area contributed by atoms with Crippen molar-refractivity contribution in [3.05, 3.63) is 41.7 Å². The third-order valence-corrected chi connectivity index (χ3v) is 8.51. The Kier molecular flexibility index (Phi) is 5.02. The van der Waals surface area contributed by atoms with E-state index in [0.29, 0.717) is 17.2 Å². The maximum atomic E-state index is 12.7. The van der Waals surface area contributed by atoms with Crippen LogP contribution in [0.15, 0.2) is 35.5 Å². The number of hydrogen-bond donors (Lipinski definition) is 1. The number of hydrogen-bond acceptors (Lipinski definition) is 4. The summed E-state index contributed by atoms with van der Waals surface area (Å²) in [5.74, 6) is 2.08. The normalized spacial score (nSPS) is 27.9. The molecule has 1 amide bonds. The number of nitrogens with one attached hydrogen (secondary N) is 1. The van der Waals surface area contributed by atoms with E-state index >= 15 is 0 Å². The second-order valence-corrected chi connectivity index (χ2v) is 10.1. The standard InChI is InChI=1S/C22H30N4OS/c1-15-24-25-20(26(15)13-16-8-6-5-7-9-16)28-14-19(27)23-18-12-17-10-11-22(18,4)21(17,2)3/h5-9,17-18H,10-14H2,1-4H3,(H,23,27). The van der Waals surface area contributed by atoms with Crippen molar-refractivity contribution in [2.45, 2.75) is 64.7 Å². The monoisotopic (exact) mass is 398 g/mol. The molecule has 0 aliphatic heterocycles. The molecule has 2 saturated carbocycles. The van der Waals surface area contributed by atoms with E-state index in [1.807, 2.05) is 25.1 Å². The van der Waals surface area contributed by atoms with Gasteiger partial charge in [-0.2, -0.15) is 0 Å². The van der Waals surface area contributed by atoms with Gasteiger partial charge in [0.25, 0.3) is 0 Å². The first-order valence-electron chi connectivity index (χ1n) is 10.2. The first kappa shape index (κ1) is 19.5. The Morgan fingerprint density at radius 2 is 2.00 bits per heavy atom. The topological polar surface area (TPSA) is 59.8 Å². The first-order valence-corrected chi connectivity index (χ1v) is 11.2. The van der Waals surface area contributed by atoms with E-state index in [0.717, 1.165) is 29.9 Å². The number of carbonyl (C=O) groups is 1. The maximum Gasteiger partial charge on any atom is 0.230 e. The molecule has 3 atom stereocenters. The summed E-state index contributed by atoms with van der Waals surface area (Å²) in [6, 6.07) is 10.6. The zero-order valence-corrected chi connectivity index (χ0v) is 18.1. The largest absolute Gasteiger partial charge is 0.352 e. The Morgan fingerprint density at radius 1 is 1.25 bits per heavy atom. The van der Waals surface area contributed by atoms with Crippen LogP contribution in [-0.4, -0.2) is 32.5 Å². The van der Waals surface area contributed by atoms with Gasteiger partial charge < -0.3 is 9.88 Å².